The van der Waals surface area contributed by atoms with Gasteiger partial charge in [0, 0.05) is 24.3 Å². The molecule has 0 bridgehead atoms. The van der Waals surface area contributed by atoms with Gasteiger partial charge in [0.1, 0.15) is 0 Å². The topological polar surface area (TPSA) is 86.3 Å². The summed E-state index contributed by atoms with van der Waals surface area (Å²) < 4.78 is 26.9. The fourth-order valence-corrected chi connectivity index (χ4v) is 4.65. The first-order valence-corrected chi connectivity index (χ1v) is 8.98. The second-order valence-electron chi connectivity index (χ2n) is 5.89. The molecule has 7 heteroatoms. The molecule has 0 amide bonds. The summed E-state index contributed by atoms with van der Waals surface area (Å²) in [5, 5.41) is 15.9. The van der Waals surface area contributed by atoms with E-state index in [1.807, 2.05) is 0 Å². The highest BCUT2D eigenvalue weighted by atomic mass is 32.2. The summed E-state index contributed by atoms with van der Waals surface area (Å²) >= 11 is 0. The van der Waals surface area contributed by atoms with Gasteiger partial charge in [0.15, 0.2) is 5.03 Å². The van der Waals surface area contributed by atoms with E-state index in [9.17, 15) is 13.5 Å². The van der Waals surface area contributed by atoms with Crippen LogP contribution in [0.25, 0.3) is 0 Å². The van der Waals surface area contributed by atoms with Gasteiger partial charge >= 0.3 is 0 Å². The Balaban J connectivity index is 2.19. The molecular weight excluding hydrogens is 290 g/mol. The summed E-state index contributed by atoms with van der Waals surface area (Å²) in [6.45, 7) is 3.57. The Kier molecular flexibility index (Phi) is 5.06. The molecule has 1 aromatic rings. The molecule has 1 saturated carbocycles. The van der Waals surface area contributed by atoms with E-state index in [-0.39, 0.29) is 17.7 Å². The van der Waals surface area contributed by atoms with Crippen LogP contribution in [-0.2, 0) is 16.6 Å². The molecule has 1 aliphatic rings. The highest BCUT2D eigenvalue weighted by molar-refractivity contribution is 7.89. The van der Waals surface area contributed by atoms with Crippen molar-refractivity contribution >= 4 is 10.0 Å². The largest absolute Gasteiger partial charge is 0.392 e. The number of hydrogen-bond acceptors (Lipinski definition) is 4. The minimum Gasteiger partial charge on any atom is -0.392 e. The van der Waals surface area contributed by atoms with E-state index in [0.29, 0.717) is 11.3 Å². The standard InChI is InChI=1S/C14H25N3O3S/c1-4-11-5-7-12(8-6-11)17(3)21(19,20)14-13(9-18)10(2)15-16-14/h11-12,18H,4-9H2,1-3H3,(H,15,16). The van der Waals surface area contributed by atoms with Crippen molar-refractivity contribution in [3.05, 3.63) is 11.3 Å². The number of aromatic nitrogens is 2. The predicted octanol–water partition coefficient (Wildman–Crippen LogP) is 1.80. The van der Waals surface area contributed by atoms with Crippen LogP contribution in [0.4, 0.5) is 0 Å². The van der Waals surface area contributed by atoms with E-state index in [1.54, 1.807) is 14.0 Å². The first-order valence-electron chi connectivity index (χ1n) is 7.54. The highest BCUT2D eigenvalue weighted by Gasteiger charge is 2.34. The van der Waals surface area contributed by atoms with Crippen LogP contribution >= 0.6 is 0 Å². The van der Waals surface area contributed by atoms with E-state index in [0.717, 1.165) is 38.0 Å². The number of H-pyrrole nitrogens is 1. The van der Waals surface area contributed by atoms with Crippen molar-refractivity contribution < 1.29 is 13.5 Å². The fraction of sp³-hybridized carbons (Fsp3) is 0.786. The Hall–Kier alpha value is -0.920. The van der Waals surface area contributed by atoms with Gasteiger partial charge in [-0.05, 0) is 38.5 Å². The summed E-state index contributed by atoms with van der Waals surface area (Å²) in [5.74, 6) is 0.720. The second-order valence-corrected chi connectivity index (χ2v) is 7.81. The van der Waals surface area contributed by atoms with E-state index in [1.165, 1.54) is 4.31 Å². The van der Waals surface area contributed by atoms with E-state index in [4.69, 9.17) is 0 Å². The molecule has 2 N–H and O–H groups in total. The van der Waals surface area contributed by atoms with Crippen LogP contribution in [0.15, 0.2) is 5.03 Å². The third-order valence-corrected chi connectivity index (χ3v) is 6.61. The lowest BCUT2D eigenvalue weighted by atomic mass is 9.85. The second kappa shape index (κ2) is 6.46. The average molecular weight is 315 g/mol. The molecule has 1 aromatic heterocycles. The normalized spacial score (nSPS) is 23.7. The predicted molar refractivity (Wildman–Crippen MR) is 80.2 cm³/mol. The van der Waals surface area contributed by atoms with Crippen molar-refractivity contribution in [1.82, 2.24) is 14.5 Å². The van der Waals surface area contributed by atoms with Crippen LogP contribution in [0.1, 0.15) is 50.3 Å². The molecule has 0 radical (unpaired) electrons. The van der Waals surface area contributed by atoms with Gasteiger partial charge in [-0.15, -0.1) is 0 Å². The van der Waals surface area contributed by atoms with Crippen molar-refractivity contribution in [2.75, 3.05) is 7.05 Å². The molecule has 0 aliphatic heterocycles. The van der Waals surface area contributed by atoms with Crippen LogP contribution < -0.4 is 0 Å². The molecular formula is C14H25N3O3S. The summed E-state index contributed by atoms with van der Waals surface area (Å²) in [6.07, 6.45) is 5.11. The summed E-state index contributed by atoms with van der Waals surface area (Å²) in [6, 6.07) is 0.0290. The Bertz CT molecular complexity index is 574. The van der Waals surface area contributed by atoms with E-state index in [2.05, 4.69) is 17.1 Å². The minimum atomic E-state index is -3.65. The number of rotatable bonds is 5. The molecule has 120 valence electrons. The molecule has 6 nitrogen and oxygen atoms in total. The van der Waals surface area contributed by atoms with Gasteiger partial charge in [0.25, 0.3) is 10.0 Å². The highest BCUT2D eigenvalue weighted by Crippen LogP contribution is 2.31. The fourth-order valence-electron chi connectivity index (χ4n) is 3.08. The molecule has 0 atom stereocenters. The SMILES string of the molecule is CCC1CCC(N(C)S(=O)(=O)c2n[nH]c(C)c2CO)CC1. The van der Waals surface area contributed by atoms with Crippen molar-refractivity contribution in [3.8, 4) is 0 Å². The zero-order valence-electron chi connectivity index (χ0n) is 13.0. The summed E-state index contributed by atoms with van der Waals surface area (Å²) in [4.78, 5) is 0. The van der Waals surface area contributed by atoms with Crippen LogP contribution in [0.2, 0.25) is 0 Å². The number of aliphatic hydroxyl groups is 1. The van der Waals surface area contributed by atoms with Gasteiger partial charge in [-0.25, -0.2) is 8.42 Å². The van der Waals surface area contributed by atoms with Gasteiger partial charge in [0.2, 0.25) is 0 Å². The van der Waals surface area contributed by atoms with Gasteiger partial charge in [-0.2, -0.15) is 9.40 Å². The number of aromatic amines is 1. The summed E-state index contributed by atoms with van der Waals surface area (Å²) in [7, 11) is -2.03. The number of nitrogens with zero attached hydrogens (tertiary/aromatic N) is 2. The first kappa shape index (κ1) is 16.5. The minimum absolute atomic E-state index is 0.0290. The maximum Gasteiger partial charge on any atom is 0.262 e. The zero-order valence-corrected chi connectivity index (χ0v) is 13.8. The van der Waals surface area contributed by atoms with Crippen molar-refractivity contribution in [3.63, 3.8) is 0 Å². The maximum absolute atomic E-state index is 12.7. The van der Waals surface area contributed by atoms with Gasteiger partial charge in [-0.1, -0.05) is 13.3 Å². The molecule has 21 heavy (non-hydrogen) atoms. The van der Waals surface area contributed by atoms with Crippen molar-refractivity contribution in [2.45, 2.75) is 63.6 Å². The van der Waals surface area contributed by atoms with Gasteiger partial charge in [0.05, 0.1) is 6.61 Å². The summed E-state index contributed by atoms with van der Waals surface area (Å²) in [5.41, 5.74) is 0.961. The monoisotopic (exact) mass is 315 g/mol. The number of aliphatic hydroxyl groups excluding tert-OH is 1. The van der Waals surface area contributed by atoms with E-state index >= 15 is 0 Å². The first-order chi connectivity index (χ1) is 9.91. The average Bonchev–Trinajstić information content (AvgIpc) is 2.88. The Morgan fingerprint density at radius 3 is 2.48 bits per heavy atom. The molecule has 1 aliphatic carbocycles. The lowest BCUT2D eigenvalue weighted by molar-refractivity contribution is 0.232. The van der Waals surface area contributed by atoms with Crippen molar-refractivity contribution in [2.24, 2.45) is 5.92 Å². The van der Waals surface area contributed by atoms with Crippen molar-refractivity contribution in [1.29, 1.82) is 0 Å². The number of nitrogens with one attached hydrogen (secondary N) is 1. The smallest absolute Gasteiger partial charge is 0.262 e. The zero-order chi connectivity index (χ0) is 15.6. The number of aryl methyl sites for hydroxylation is 1. The molecule has 0 unspecified atom stereocenters. The van der Waals surface area contributed by atoms with Crippen LogP contribution in [0, 0.1) is 12.8 Å². The Labute approximate surface area is 126 Å². The number of sulfonamides is 1. The molecule has 1 fully saturated rings. The molecule has 0 spiro atoms. The van der Waals surface area contributed by atoms with Gasteiger partial charge < -0.3 is 5.11 Å². The lowest BCUT2D eigenvalue weighted by Gasteiger charge is -2.33. The molecule has 2 rings (SSSR count). The quantitative estimate of drug-likeness (QED) is 0.867. The maximum atomic E-state index is 12.7. The molecule has 0 aromatic carbocycles. The molecule has 0 saturated heterocycles. The van der Waals surface area contributed by atoms with Gasteiger partial charge in [-0.3, -0.25) is 5.10 Å². The lowest BCUT2D eigenvalue weighted by Crippen LogP contribution is -2.39. The van der Waals surface area contributed by atoms with Crippen LogP contribution in [0.5, 0.6) is 0 Å². The van der Waals surface area contributed by atoms with Crippen LogP contribution in [0.3, 0.4) is 0 Å². The Morgan fingerprint density at radius 1 is 1.33 bits per heavy atom. The van der Waals surface area contributed by atoms with Crippen LogP contribution in [-0.4, -0.2) is 41.1 Å². The third-order valence-electron chi connectivity index (χ3n) is 4.73. The Morgan fingerprint density at radius 2 is 1.95 bits per heavy atom. The third kappa shape index (κ3) is 3.14. The number of hydrogen-bond donors (Lipinski definition) is 2. The van der Waals surface area contributed by atoms with E-state index < -0.39 is 10.0 Å². The molecule has 1 heterocycles.